The van der Waals surface area contributed by atoms with Crippen LogP contribution in [0.3, 0.4) is 0 Å². The molecule has 192 valence electrons. The van der Waals surface area contributed by atoms with Gasteiger partial charge in [-0.05, 0) is 43.9 Å². The molecule has 1 unspecified atom stereocenters. The summed E-state index contributed by atoms with van der Waals surface area (Å²) in [6.07, 6.45) is 1.85. The summed E-state index contributed by atoms with van der Waals surface area (Å²) in [6, 6.07) is 5.01. The summed E-state index contributed by atoms with van der Waals surface area (Å²) in [5.74, 6) is -3.03. The molecule has 1 fully saturated rings. The molecule has 1 saturated heterocycles. The molecule has 1 atom stereocenters. The standard InChI is InChI=1S/C23H31N3O7S2/c1-4-33-22(29)17-7-8-18-19(12-17)34-23(26(18)10-11-32-3)24-20(27)14-35(30,31)15-21(28)25-9-5-6-16(2)13-25/h7-8,12,16H,4-6,9-11,13-15H2,1-3H3. The second-order valence-electron chi connectivity index (χ2n) is 8.56. The van der Waals surface area contributed by atoms with Crippen LogP contribution in [0.1, 0.15) is 37.0 Å². The first kappa shape index (κ1) is 27.0. The van der Waals surface area contributed by atoms with Crippen molar-refractivity contribution in [2.45, 2.75) is 33.2 Å². The highest BCUT2D eigenvalue weighted by atomic mass is 32.2. The minimum Gasteiger partial charge on any atom is -0.462 e. The summed E-state index contributed by atoms with van der Waals surface area (Å²) in [5, 5.41) is 0. The number of carbonyl (C=O) groups excluding carboxylic acids is 3. The van der Waals surface area contributed by atoms with Gasteiger partial charge in [-0.25, -0.2) is 13.2 Å². The molecule has 12 heteroatoms. The molecule has 0 radical (unpaired) electrons. The van der Waals surface area contributed by atoms with Gasteiger partial charge in [-0.1, -0.05) is 18.3 Å². The Balaban J connectivity index is 1.83. The summed E-state index contributed by atoms with van der Waals surface area (Å²) >= 11 is 1.16. The normalized spacial score (nSPS) is 17.1. The van der Waals surface area contributed by atoms with Crippen LogP contribution in [0.2, 0.25) is 0 Å². The van der Waals surface area contributed by atoms with Gasteiger partial charge in [0.1, 0.15) is 11.5 Å². The Bertz CT molecular complexity index is 1260. The van der Waals surface area contributed by atoms with Crippen LogP contribution in [0.5, 0.6) is 0 Å². The Hall–Kier alpha value is -2.57. The van der Waals surface area contributed by atoms with Gasteiger partial charge in [0.2, 0.25) is 5.91 Å². The van der Waals surface area contributed by atoms with Crippen molar-refractivity contribution in [3.8, 4) is 0 Å². The van der Waals surface area contributed by atoms with Crippen molar-refractivity contribution in [1.29, 1.82) is 0 Å². The quantitative estimate of drug-likeness (QED) is 0.456. The molecule has 10 nitrogen and oxygen atoms in total. The Morgan fingerprint density at radius 3 is 2.69 bits per heavy atom. The van der Waals surface area contributed by atoms with Gasteiger partial charge in [-0.15, -0.1) is 0 Å². The van der Waals surface area contributed by atoms with Gasteiger partial charge < -0.3 is 18.9 Å². The molecule has 2 heterocycles. The lowest BCUT2D eigenvalue weighted by Gasteiger charge is -2.30. The second-order valence-corrected chi connectivity index (χ2v) is 11.6. The summed E-state index contributed by atoms with van der Waals surface area (Å²) in [4.78, 5) is 43.1. The molecule has 1 aliphatic rings. The number of ether oxygens (including phenoxy) is 2. The average molecular weight is 526 g/mol. The fourth-order valence-electron chi connectivity index (χ4n) is 3.97. The van der Waals surface area contributed by atoms with E-state index in [1.54, 1.807) is 41.7 Å². The molecule has 0 N–H and O–H groups in total. The number of rotatable bonds is 9. The van der Waals surface area contributed by atoms with Gasteiger partial charge in [-0.2, -0.15) is 4.99 Å². The van der Waals surface area contributed by atoms with E-state index in [1.807, 2.05) is 6.92 Å². The van der Waals surface area contributed by atoms with E-state index in [1.165, 1.54) is 0 Å². The number of piperidine rings is 1. The number of benzene rings is 1. The number of nitrogens with zero attached hydrogens (tertiary/aromatic N) is 3. The number of fused-ring (bicyclic) bond motifs is 1. The van der Waals surface area contributed by atoms with Crippen molar-refractivity contribution in [1.82, 2.24) is 9.47 Å². The van der Waals surface area contributed by atoms with Crippen LogP contribution in [0.25, 0.3) is 10.2 Å². The third-order valence-corrected chi connectivity index (χ3v) is 8.04. The topological polar surface area (TPSA) is 124 Å². The van der Waals surface area contributed by atoms with Gasteiger partial charge in [-0.3, -0.25) is 9.59 Å². The number of likely N-dealkylation sites (tertiary alicyclic amines) is 1. The van der Waals surface area contributed by atoms with E-state index in [9.17, 15) is 22.8 Å². The van der Waals surface area contributed by atoms with Gasteiger partial charge in [0.25, 0.3) is 5.91 Å². The maximum Gasteiger partial charge on any atom is 0.338 e. The number of sulfone groups is 1. The fraction of sp³-hybridized carbons (Fsp3) is 0.565. The van der Waals surface area contributed by atoms with Crippen molar-refractivity contribution >= 4 is 49.2 Å². The first-order valence-corrected chi connectivity index (χ1v) is 14.1. The van der Waals surface area contributed by atoms with E-state index >= 15 is 0 Å². The van der Waals surface area contributed by atoms with Crippen molar-refractivity contribution in [2.24, 2.45) is 10.9 Å². The fourth-order valence-corrected chi connectivity index (χ4v) is 6.19. The highest BCUT2D eigenvalue weighted by molar-refractivity contribution is 7.92. The molecule has 1 aromatic carbocycles. The number of methoxy groups -OCH3 is 1. The molecule has 0 bridgehead atoms. The van der Waals surface area contributed by atoms with E-state index in [4.69, 9.17) is 9.47 Å². The van der Waals surface area contributed by atoms with Crippen molar-refractivity contribution < 1.29 is 32.3 Å². The lowest BCUT2D eigenvalue weighted by Crippen LogP contribution is -2.42. The van der Waals surface area contributed by atoms with Crippen LogP contribution in [-0.2, 0) is 35.4 Å². The Labute approximate surface area is 208 Å². The maximum atomic E-state index is 12.6. The third kappa shape index (κ3) is 7.21. The second kappa shape index (κ2) is 11.9. The summed E-state index contributed by atoms with van der Waals surface area (Å²) < 4.78 is 37.8. The highest BCUT2D eigenvalue weighted by Gasteiger charge is 2.27. The van der Waals surface area contributed by atoms with Crippen LogP contribution in [0.4, 0.5) is 0 Å². The minimum atomic E-state index is -3.98. The first-order valence-electron chi connectivity index (χ1n) is 11.5. The smallest absolute Gasteiger partial charge is 0.338 e. The van der Waals surface area contributed by atoms with E-state index in [0.29, 0.717) is 42.4 Å². The number of hydrogen-bond acceptors (Lipinski definition) is 8. The Kier molecular flexibility index (Phi) is 9.20. The number of amides is 2. The Morgan fingerprint density at radius 1 is 1.23 bits per heavy atom. The molecule has 35 heavy (non-hydrogen) atoms. The molecular weight excluding hydrogens is 494 g/mol. The zero-order valence-corrected chi connectivity index (χ0v) is 21.8. The van der Waals surface area contributed by atoms with Crippen LogP contribution < -0.4 is 4.80 Å². The molecule has 0 spiro atoms. The monoisotopic (exact) mass is 525 g/mol. The van der Waals surface area contributed by atoms with Crippen LogP contribution in [0.15, 0.2) is 23.2 Å². The van der Waals surface area contributed by atoms with Gasteiger partial charge >= 0.3 is 5.97 Å². The van der Waals surface area contributed by atoms with E-state index in [0.717, 1.165) is 29.7 Å². The van der Waals surface area contributed by atoms with E-state index in [-0.39, 0.29) is 11.4 Å². The molecule has 1 aliphatic heterocycles. The number of carbonyl (C=O) groups is 3. The molecule has 2 aromatic rings. The van der Waals surface area contributed by atoms with Gasteiger partial charge in [0.15, 0.2) is 14.6 Å². The van der Waals surface area contributed by atoms with Crippen LogP contribution >= 0.6 is 11.3 Å². The zero-order chi connectivity index (χ0) is 25.6. The molecule has 2 amide bonds. The first-order chi connectivity index (χ1) is 16.6. The Morgan fingerprint density at radius 2 is 2.00 bits per heavy atom. The number of esters is 1. The predicted octanol–water partition coefficient (Wildman–Crippen LogP) is 1.63. The lowest BCUT2D eigenvalue weighted by molar-refractivity contribution is -0.130. The van der Waals surface area contributed by atoms with Gasteiger partial charge in [0, 0.05) is 26.7 Å². The minimum absolute atomic E-state index is 0.248. The molecule has 0 aliphatic carbocycles. The summed E-state index contributed by atoms with van der Waals surface area (Å²) in [5.41, 5.74) is 1.09. The largest absolute Gasteiger partial charge is 0.462 e. The van der Waals surface area contributed by atoms with E-state index < -0.39 is 39.1 Å². The van der Waals surface area contributed by atoms with Gasteiger partial charge in [0.05, 0.1) is 29.0 Å². The lowest BCUT2D eigenvalue weighted by atomic mass is 10.0. The summed E-state index contributed by atoms with van der Waals surface area (Å²) in [7, 11) is -2.43. The maximum absolute atomic E-state index is 12.6. The molecular formula is C23H31N3O7S2. The van der Waals surface area contributed by atoms with Crippen molar-refractivity contribution in [3.63, 3.8) is 0 Å². The van der Waals surface area contributed by atoms with Crippen molar-refractivity contribution in [3.05, 3.63) is 28.6 Å². The molecule has 3 rings (SSSR count). The highest BCUT2D eigenvalue weighted by Crippen LogP contribution is 2.20. The van der Waals surface area contributed by atoms with E-state index in [2.05, 4.69) is 4.99 Å². The zero-order valence-electron chi connectivity index (χ0n) is 20.2. The van der Waals surface area contributed by atoms with Crippen molar-refractivity contribution in [2.75, 3.05) is 44.9 Å². The number of aromatic nitrogens is 1. The third-order valence-electron chi connectivity index (χ3n) is 5.63. The number of hydrogen-bond donors (Lipinski definition) is 0. The molecule has 0 saturated carbocycles. The predicted molar refractivity (Wildman–Crippen MR) is 132 cm³/mol. The summed E-state index contributed by atoms with van der Waals surface area (Å²) in [6.45, 7) is 5.77. The SMILES string of the molecule is CCOC(=O)c1ccc2c(c1)sc(=NC(=O)CS(=O)(=O)CC(=O)N1CCCC(C)C1)n2CCOC. The van der Waals surface area contributed by atoms with Crippen LogP contribution in [0, 0.1) is 5.92 Å². The molecule has 1 aromatic heterocycles. The van der Waals surface area contributed by atoms with Crippen LogP contribution in [-0.4, -0.2) is 80.6 Å². The number of thiazole rings is 1. The average Bonchev–Trinajstić information content (AvgIpc) is 3.12.